The van der Waals surface area contributed by atoms with Gasteiger partial charge in [0.15, 0.2) is 0 Å². The summed E-state index contributed by atoms with van der Waals surface area (Å²) in [6.45, 7) is 2.69. The third-order valence-corrected chi connectivity index (χ3v) is 7.84. The Morgan fingerprint density at radius 2 is 1.59 bits per heavy atom. The first kappa shape index (κ1) is 16.7. The van der Waals surface area contributed by atoms with Crippen LogP contribution in [0.3, 0.4) is 0 Å². The second-order valence-corrected chi connectivity index (χ2v) is 9.28. The first-order chi connectivity index (χ1) is 10.6. The van der Waals surface area contributed by atoms with Gasteiger partial charge < -0.3 is 5.11 Å². The second kappa shape index (κ2) is 7.16. The Labute approximate surface area is 134 Å². The Kier molecular flexibility index (Phi) is 5.43. The van der Waals surface area contributed by atoms with Crippen molar-refractivity contribution in [3.05, 3.63) is 0 Å². The largest absolute Gasteiger partial charge is 0.395 e. The molecule has 5 nitrogen and oxygen atoms in total. The van der Waals surface area contributed by atoms with Gasteiger partial charge in [0.05, 0.1) is 12.4 Å². The van der Waals surface area contributed by atoms with E-state index in [1.807, 2.05) is 0 Å². The lowest BCUT2D eigenvalue weighted by atomic mass is 10.1. The molecule has 2 atom stereocenters. The minimum atomic E-state index is -3.11. The first-order valence-electron chi connectivity index (χ1n) is 8.94. The van der Waals surface area contributed by atoms with E-state index in [4.69, 9.17) is 0 Å². The lowest BCUT2D eigenvalue weighted by Gasteiger charge is -2.31. The van der Waals surface area contributed by atoms with Gasteiger partial charge in [-0.05, 0) is 51.0 Å². The van der Waals surface area contributed by atoms with E-state index < -0.39 is 10.0 Å². The molecule has 0 aromatic rings. The van der Waals surface area contributed by atoms with Crippen LogP contribution in [0, 0.1) is 5.92 Å². The maximum Gasteiger partial charge on any atom is 0.214 e. The van der Waals surface area contributed by atoms with E-state index in [0.29, 0.717) is 18.2 Å². The average molecular weight is 330 g/mol. The fourth-order valence-electron chi connectivity index (χ4n) is 4.54. The Hall–Kier alpha value is -0.170. The zero-order chi connectivity index (χ0) is 15.6. The summed E-state index contributed by atoms with van der Waals surface area (Å²) in [5.41, 5.74) is 0. The zero-order valence-electron chi connectivity index (χ0n) is 13.5. The Morgan fingerprint density at radius 1 is 0.909 bits per heavy atom. The summed E-state index contributed by atoms with van der Waals surface area (Å²) in [5.74, 6) is 0.732. The van der Waals surface area contributed by atoms with Crippen LogP contribution < -0.4 is 0 Å². The van der Waals surface area contributed by atoms with Crippen molar-refractivity contribution >= 4 is 10.0 Å². The van der Waals surface area contributed by atoms with E-state index in [1.165, 1.54) is 12.8 Å². The normalized spacial score (nSPS) is 32.2. The molecule has 2 unspecified atom stereocenters. The van der Waals surface area contributed by atoms with Gasteiger partial charge in [-0.25, -0.2) is 8.42 Å². The molecule has 0 aromatic heterocycles. The van der Waals surface area contributed by atoms with Crippen molar-refractivity contribution in [3.8, 4) is 0 Å². The molecule has 2 aliphatic heterocycles. The summed E-state index contributed by atoms with van der Waals surface area (Å²) in [6, 6.07) is 0.360. The van der Waals surface area contributed by atoms with Crippen LogP contribution in [-0.4, -0.2) is 66.8 Å². The molecule has 1 aliphatic carbocycles. The highest BCUT2D eigenvalue weighted by molar-refractivity contribution is 7.89. The van der Waals surface area contributed by atoms with Gasteiger partial charge in [-0.15, -0.1) is 0 Å². The quantitative estimate of drug-likeness (QED) is 0.800. The number of hydrogen-bond donors (Lipinski definition) is 1. The summed E-state index contributed by atoms with van der Waals surface area (Å²) in [7, 11) is -3.11. The van der Waals surface area contributed by atoms with Gasteiger partial charge in [0.1, 0.15) is 0 Å². The van der Waals surface area contributed by atoms with Crippen LogP contribution in [-0.2, 0) is 10.0 Å². The highest BCUT2D eigenvalue weighted by atomic mass is 32.2. The fraction of sp³-hybridized carbons (Fsp3) is 1.00. The summed E-state index contributed by atoms with van der Waals surface area (Å²) < 4.78 is 27.4. The van der Waals surface area contributed by atoms with Crippen LogP contribution in [0.5, 0.6) is 0 Å². The van der Waals surface area contributed by atoms with Gasteiger partial charge in [-0.3, -0.25) is 4.90 Å². The van der Waals surface area contributed by atoms with E-state index in [9.17, 15) is 13.5 Å². The highest BCUT2D eigenvalue weighted by Crippen LogP contribution is 2.30. The van der Waals surface area contributed by atoms with Crippen LogP contribution in [0.15, 0.2) is 0 Å². The van der Waals surface area contributed by atoms with E-state index in [2.05, 4.69) is 4.90 Å². The van der Waals surface area contributed by atoms with Crippen LogP contribution in [0.25, 0.3) is 0 Å². The molecule has 128 valence electrons. The lowest BCUT2D eigenvalue weighted by Crippen LogP contribution is -2.46. The molecule has 0 bridgehead atoms. The maximum atomic E-state index is 12.8. The van der Waals surface area contributed by atoms with Crippen molar-refractivity contribution in [2.24, 2.45) is 5.92 Å². The number of hydrogen-bond acceptors (Lipinski definition) is 4. The highest BCUT2D eigenvalue weighted by Gasteiger charge is 2.38. The number of likely N-dealkylation sites (tertiary alicyclic amines) is 1. The number of aliphatic hydroxyl groups excluding tert-OH is 1. The van der Waals surface area contributed by atoms with Gasteiger partial charge in [0.2, 0.25) is 10.0 Å². The molecule has 3 rings (SSSR count). The van der Waals surface area contributed by atoms with Crippen molar-refractivity contribution < 1.29 is 13.5 Å². The van der Waals surface area contributed by atoms with Crippen molar-refractivity contribution in [3.63, 3.8) is 0 Å². The number of sulfonamides is 1. The van der Waals surface area contributed by atoms with Crippen LogP contribution in [0.4, 0.5) is 0 Å². The number of nitrogens with zero attached hydrogens (tertiary/aromatic N) is 2. The molecular weight excluding hydrogens is 300 g/mol. The van der Waals surface area contributed by atoms with Crippen LogP contribution in [0.1, 0.15) is 51.4 Å². The zero-order valence-corrected chi connectivity index (χ0v) is 14.3. The van der Waals surface area contributed by atoms with Gasteiger partial charge in [-0.2, -0.15) is 4.31 Å². The van der Waals surface area contributed by atoms with Gasteiger partial charge in [0.25, 0.3) is 0 Å². The van der Waals surface area contributed by atoms with Gasteiger partial charge in [0, 0.05) is 25.2 Å². The maximum absolute atomic E-state index is 12.8. The van der Waals surface area contributed by atoms with Crippen molar-refractivity contribution in [1.29, 1.82) is 0 Å². The van der Waals surface area contributed by atoms with E-state index in [-0.39, 0.29) is 18.7 Å². The molecule has 3 fully saturated rings. The third-order valence-electron chi connectivity index (χ3n) is 5.76. The average Bonchev–Trinajstić information content (AvgIpc) is 3.19. The molecule has 0 spiro atoms. The first-order valence-corrected chi connectivity index (χ1v) is 10.6. The minimum absolute atomic E-state index is 0.124. The molecule has 0 aromatic carbocycles. The molecule has 1 N–H and O–H groups in total. The summed E-state index contributed by atoms with van der Waals surface area (Å²) in [4.78, 5) is 2.30. The van der Waals surface area contributed by atoms with E-state index >= 15 is 0 Å². The number of rotatable bonds is 6. The second-order valence-electron chi connectivity index (χ2n) is 7.31. The molecule has 2 saturated heterocycles. The van der Waals surface area contributed by atoms with Crippen LogP contribution >= 0.6 is 0 Å². The predicted octanol–water partition coefficient (Wildman–Crippen LogP) is 1.43. The monoisotopic (exact) mass is 330 g/mol. The molecule has 3 aliphatic rings. The topological polar surface area (TPSA) is 60.9 Å². The van der Waals surface area contributed by atoms with Crippen molar-refractivity contribution in [2.45, 2.75) is 63.5 Å². The molecule has 1 saturated carbocycles. The van der Waals surface area contributed by atoms with Crippen molar-refractivity contribution in [2.75, 3.05) is 32.0 Å². The van der Waals surface area contributed by atoms with Crippen molar-refractivity contribution in [1.82, 2.24) is 9.21 Å². The Bertz CT molecular complexity index is 462. The predicted molar refractivity (Wildman–Crippen MR) is 87.2 cm³/mol. The van der Waals surface area contributed by atoms with Crippen LogP contribution in [0.2, 0.25) is 0 Å². The van der Waals surface area contributed by atoms with E-state index in [1.54, 1.807) is 4.31 Å². The molecule has 0 radical (unpaired) electrons. The SMILES string of the molecule is O=S(=O)(CC1CCCC1)N1CCCC1CN1CCCC1CO. The third kappa shape index (κ3) is 3.66. The molecule has 0 amide bonds. The lowest BCUT2D eigenvalue weighted by molar-refractivity contribution is 0.140. The Balaban J connectivity index is 1.61. The van der Waals surface area contributed by atoms with Gasteiger partial charge >= 0.3 is 0 Å². The summed E-state index contributed by atoms with van der Waals surface area (Å²) in [6.07, 6.45) is 8.65. The Morgan fingerprint density at radius 3 is 2.32 bits per heavy atom. The molecule has 6 heteroatoms. The molecule has 22 heavy (non-hydrogen) atoms. The smallest absolute Gasteiger partial charge is 0.214 e. The molecular formula is C16H30N2O3S. The minimum Gasteiger partial charge on any atom is -0.395 e. The summed E-state index contributed by atoms with van der Waals surface area (Å²) >= 11 is 0. The standard InChI is InChI=1S/C16H30N2O3S/c19-12-16-8-3-9-17(16)11-15-7-4-10-18(15)22(20,21)13-14-5-1-2-6-14/h14-16,19H,1-13H2. The van der Waals surface area contributed by atoms with E-state index in [0.717, 1.165) is 51.6 Å². The van der Waals surface area contributed by atoms with Gasteiger partial charge in [-0.1, -0.05) is 12.8 Å². The summed E-state index contributed by atoms with van der Waals surface area (Å²) in [5, 5.41) is 9.45. The fourth-order valence-corrected chi connectivity index (χ4v) is 6.70. The molecule has 2 heterocycles. The number of aliphatic hydroxyl groups is 1.